The molecule has 0 bridgehead atoms. The number of hydrogen-bond acceptors (Lipinski definition) is 5. The summed E-state index contributed by atoms with van der Waals surface area (Å²) in [4.78, 5) is 17.7. The second-order valence-electron chi connectivity index (χ2n) is 3.34. The zero-order valence-corrected chi connectivity index (χ0v) is 8.32. The van der Waals surface area contributed by atoms with Crippen molar-refractivity contribution in [2.45, 2.75) is 6.10 Å². The van der Waals surface area contributed by atoms with Crippen LogP contribution in [-0.2, 0) is 4.74 Å². The van der Waals surface area contributed by atoms with Gasteiger partial charge in [-0.25, -0.2) is 4.98 Å². The number of H-pyrrole nitrogens is 1. The molecular formula is C9H14N4O2. The molecule has 15 heavy (non-hydrogen) atoms. The fourth-order valence-corrected chi connectivity index (χ4v) is 1.44. The minimum atomic E-state index is -0.207. The van der Waals surface area contributed by atoms with Gasteiger partial charge in [0.25, 0.3) is 5.56 Å². The summed E-state index contributed by atoms with van der Waals surface area (Å²) in [6.45, 7) is 3.00. The number of anilines is 1. The Bertz CT molecular complexity index is 359. The Morgan fingerprint density at radius 3 is 3.33 bits per heavy atom. The number of aromatic amines is 1. The molecule has 0 spiro atoms. The van der Waals surface area contributed by atoms with E-state index in [1.807, 2.05) is 0 Å². The van der Waals surface area contributed by atoms with Gasteiger partial charge in [0, 0.05) is 32.0 Å². The molecule has 1 aromatic heterocycles. The molecule has 82 valence electrons. The molecule has 0 saturated carbocycles. The fourth-order valence-electron chi connectivity index (χ4n) is 1.44. The van der Waals surface area contributed by atoms with E-state index in [2.05, 4.69) is 20.6 Å². The van der Waals surface area contributed by atoms with Gasteiger partial charge in [0.1, 0.15) is 0 Å². The van der Waals surface area contributed by atoms with E-state index in [1.165, 1.54) is 6.20 Å². The summed E-state index contributed by atoms with van der Waals surface area (Å²) < 4.78 is 5.47. The second-order valence-corrected chi connectivity index (χ2v) is 3.34. The Kier molecular flexibility index (Phi) is 3.31. The quantitative estimate of drug-likeness (QED) is 0.607. The van der Waals surface area contributed by atoms with Crippen LogP contribution in [0, 0.1) is 0 Å². The number of nitrogens with zero attached hydrogens (tertiary/aromatic N) is 1. The Labute approximate surface area is 87.1 Å². The van der Waals surface area contributed by atoms with Crippen LogP contribution in [0.15, 0.2) is 17.2 Å². The van der Waals surface area contributed by atoms with Gasteiger partial charge < -0.3 is 20.4 Å². The highest BCUT2D eigenvalue weighted by Crippen LogP contribution is 1.97. The van der Waals surface area contributed by atoms with Crippen molar-refractivity contribution in [3.63, 3.8) is 0 Å². The van der Waals surface area contributed by atoms with Crippen LogP contribution in [0.4, 0.5) is 5.82 Å². The van der Waals surface area contributed by atoms with Crippen molar-refractivity contribution >= 4 is 5.82 Å². The minimum absolute atomic E-state index is 0.0974. The maximum absolute atomic E-state index is 11.3. The third-order valence-corrected chi connectivity index (χ3v) is 2.21. The second kappa shape index (κ2) is 4.90. The summed E-state index contributed by atoms with van der Waals surface area (Å²) >= 11 is 0. The first-order valence-electron chi connectivity index (χ1n) is 4.96. The highest BCUT2D eigenvalue weighted by molar-refractivity contribution is 5.30. The zero-order valence-electron chi connectivity index (χ0n) is 8.32. The molecule has 0 aliphatic carbocycles. The lowest BCUT2D eigenvalue weighted by molar-refractivity contribution is 0.0371. The average molecular weight is 210 g/mol. The van der Waals surface area contributed by atoms with Gasteiger partial charge in [-0.1, -0.05) is 0 Å². The minimum Gasteiger partial charge on any atom is -0.374 e. The SMILES string of the molecule is O=c1[nH]ccnc1NCC1CNCCO1. The molecule has 3 N–H and O–H groups in total. The molecule has 1 aliphatic heterocycles. The predicted octanol–water partition coefficient (Wildman–Crippen LogP) is -0.830. The van der Waals surface area contributed by atoms with E-state index in [0.717, 1.165) is 13.1 Å². The summed E-state index contributed by atoms with van der Waals surface area (Å²) in [5.74, 6) is 0.340. The van der Waals surface area contributed by atoms with Crippen LogP contribution < -0.4 is 16.2 Å². The molecule has 6 nitrogen and oxygen atoms in total. The van der Waals surface area contributed by atoms with Crippen LogP contribution in [0.25, 0.3) is 0 Å². The van der Waals surface area contributed by atoms with Crippen molar-refractivity contribution in [3.8, 4) is 0 Å². The van der Waals surface area contributed by atoms with E-state index in [9.17, 15) is 4.79 Å². The molecule has 1 atom stereocenters. The molecule has 1 saturated heterocycles. The number of morpholine rings is 1. The monoisotopic (exact) mass is 210 g/mol. The van der Waals surface area contributed by atoms with Gasteiger partial charge in [-0.05, 0) is 0 Å². The predicted molar refractivity (Wildman–Crippen MR) is 56.0 cm³/mol. The molecule has 1 aromatic rings. The maximum atomic E-state index is 11.3. The maximum Gasteiger partial charge on any atom is 0.290 e. The summed E-state index contributed by atoms with van der Waals surface area (Å²) in [7, 11) is 0. The molecule has 2 heterocycles. The normalized spacial score (nSPS) is 21.2. The van der Waals surface area contributed by atoms with E-state index in [-0.39, 0.29) is 11.7 Å². The largest absolute Gasteiger partial charge is 0.374 e. The molecule has 1 unspecified atom stereocenters. The molecule has 1 aliphatic rings. The zero-order chi connectivity index (χ0) is 10.5. The lowest BCUT2D eigenvalue weighted by Gasteiger charge is -2.23. The molecule has 0 amide bonds. The van der Waals surface area contributed by atoms with Crippen LogP contribution >= 0.6 is 0 Å². The van der Waals surface area contributed by atoms with Crippen LogP contribution in [0.5, 0.6) is 0 Å². The Morgan fingerprint density at radius 2 is 2.60 bits per heavy atom. The van der Waals surface area contributed by atoms with Crippen molar-refractivity contribution in [3.05, 3.63) is 22.7 Å². The molecular weight excluding hydrogens is 196 g/mol. The van der Waals surface area contributed by atoms with Crippen molar-refractivity contribution < 1.29 is 4.74 Å². The Hall–Kier alpha value is -1.40. The van der Waals surface area contributed by atoms with Gasteiger partial charge in [-0.2, -0.15) is 0 Å². The number of hydrogen-bond donors (Lipinski definition) is 3. The van der Waals surface area contributed by atoms with Crippen LogP contribution in [0.2, 0.25) is 0 Å². The first-order valence-corrected chi connectivity index (χ1v) is 4.96. The van der Waals surface area contributed by atoms with Gasteiger partial charge in [0.05, 0.1) is 12.7 Å². The van der Waals surface area contributed by atoms with Crippen molar-refractivity contribution in [2.75, 3.05) is 31.6 Å². The number of ether oxygens (including phenoxy) is 1. The summed E-state index contributed by atoms with van der Waals surface area (Å²) in [5.41, 5.74) is -0.207. The van der Waals surface area contributed by atoms with E-state index in [0.29, 0.717) is 19.0 Å². The third kappa shape index (κ3) is 2.77. The number of nitrogens with one attached hydrogen (secondary N) is 3. The summed E-state index contributed by atoms with van der Waals surface area (Å²) in [6, 6.07) is 0. The highest BCUT2D eigenvalue weighted by atomic mass is 16.5. The average Bonchev–Trinajstić information content (AvgIpc) is 2.29. The molecule has 6 heteroatoms. The highest BCUT2D eigenvalue weighted by Gasteiger charge is 2.13. The summed E-state index contributed by atoms with van der Waals surface area (Å²) in [5, 5.41) is 6.18. The van der Waals surface area contributed by atoms with E-state index in [4.69, 9.17) is 4.74 Å². The smallest absolute Gasteiger partial charge is 0.290 e. The van der Waals surface area contributed by atoms with Crippen LogP contribution in [0.3, 0.4) is 0 Å². The van der Waals surface area contributed by atoms with Crippen LogP contribution in [0.1, 0.15) is 0 Å². The van der Waals surface area contributed by atoms with Gasteiger partial charge >= 0.3 is 0 Å². The topological polar surface area (TPSA) is 79.0 Å². The molecule has 1 fully saturated rings. The third-order valence-electron chi connectivity index (χ3n) is 2.21. The first kappa shape index (κ1) is 10.1. The van der Waals surface area contributed by atoms with Gasteiger partial charge in [-0.15, -0.1) is 0 Å². The van der Waals surface area contributed by atoms with Gasteiger partial charge in [0.2, 0.25) is 0 Å². The lowest BCUT2D eigenvalue weighted by atomic mass is 10.3. The molecule has 0 aromatic carbocycles. The Balaban J connectivity index is 1.87. The number of rotatable bonds is 3. The standard InChI is InChI=1S/C9H14N4O2/c14-9-8(11-1-2-12-9)13-6-7-5-10-3-4-15-7/h1-2,7,10H,3-6H2,(H,11,13)(H,12,14). The van der Waals surface area contributed by atoms with Crippen molar-refractivity contribution in [1.82, 2.24) is 15.3 Å². The lowest BCUT2D eigenvalue weighted by Crippen LogP contribution is -2.42. The van der Waals surface area contributed by atoms with E-state index < -0.39 is 0 Å². The summed E-state index contributed by atoms with van der Waals surface area (Å²) in [6.07, 6.45) is 3.15. The van der Waals surface area contributed by atoms with Gasteiger partial charge in [-0.3, -0.25) is 4.79 Å². The number of aromatic nitrogens is 2. The molecule has 0 radical (unpaired) electrons. The molecule has 2 rings (SSSR count). The van der Waals surface area contributed by atoms with Gasteiger partial charge in [0.15, 0.2) is 5.82 Å². The first-order chi connectivity index (χ1) is 7.36. The van der Waals surface area contributed by atoms with Crippen molar-refractivity contribution in [2.24, 2.45) is 0 Å². The Morgan fingerprint density at radius 1 is 1.67 bits per heavy atom. The van der Waals surface area contributed by atoms with Crippen molar-refractivity contribution in [1.29, 1.82) is 0 Å². The van der Waals surface area contributed by atoms with E-state index in [1.54, 1.807) is 6.20 Å². The fraction of sp³-hybridized carbons (Fsp3) is 0.556. The van der Waals surface area contributed by atoms with E-state index >= 15 is 0 Å². The van der Waals surface area contributed by atoms with Crippen LogP contribution in [-0.4, -0.2) is 42.3 Å².